The minimum atomic E-state index is 0. The summed E-state index contributed by atoms with van der Waals surface area (Å²) in [7, 11) is 0. The Morgan fingerprint density at radius 1 is 1.16 bits per heavy atom. The smallest absolute Gasteiger partial charge is 0.194 e. The number of nitrogens with zero attached hydrogens (tertiary/aromatic N) is 3. The molecule has 3 fully saturated rings. The van der Waals surface area contributed by atoms with Crippen LogP contribution in [0.4, 0.5) is 0 Å². The molecule has 2 unspecified atom stereocenters. The third kappa shape index (κ3) is 6.58. The predicted octanol–water partition coefficient (Wildman–Crippen LogP) is 3.64. The standard InChI is InChI=1S/C25H41N5O.HI/c1-3-26-24(30-14-11-23(19-30)29-15-17-31-18-16-29)27-20-25(12-7-8-13-25)28-21(2)22-9-5-4-6-10-22;/h4-6,9-10,21,23,28H,3,7-8,11-20H2,1-2H3,(H,26,27);1H. The van der Waals surface area contributed by atoms with E-state index in [1.54, 1.807) is 0 Å². The number of hydrogen-bond donors (Lipinski definition) is 2. The molecule has 3 aliphatic rings. The molecule has 1 saturated carbocycles. The normalized spacial score (nSPS) is 24.9. The van der Waals surface area contributed by atoms with Gasteiger partial charge in [-0.05, 0) is 38.7 Å². The van der Waals surface area contributed by atoms with Crippen molar-refractivity contribution in [3.63, 3.8) is 0 Å². The SMILES string of the molecule is CCNC(=NCC1(NC(C)c2ccccc2)CCCC1)N1CCC(N2CCOCC2)C1.I. The number of nitrogens with one attached hydrogen (secondary N) is 2. The fraction of sp³-hybridized carbons (Fsp3) is 0.720. The lowest BCUT2D eigenvalue weighted by atomic mass is 9.95. The lowest BCUT2D eigenvalue weighted by Crippen LogP contribution is -2.49. The fourth-order valence-corrected chi connectivity index (χ4v) is 5.51. The summed E-state index contributed by atoms with van der Waals surface area (Å²) in [6.45, 7) is 12.3. The summed E-state index contributed by atoms with van der Waals surface area (Å²) >= 11 is 0. The zero-order chi connectivity index (χ0) is 21.5. The first-order valence-corrected chi connectivity index (χ1v) is 12.4. The summed E-state index contributed by atoms with van der Waals surface area (Å²) in [6, 6.07) is 11.8. The fourth-order valence-electron chi connectivity index (χ4n) is 5.51. The largest absolute Gasteiger partial charge is 0.379 e. The van der Waals surface area contributed by atoms with E-state index in [-0.39, 0.29) is 29.5 Å². The maximum absolute atomic E-state index is 5.54. The van der Waals surface area contributed by atoms with Gasteiger partial charge < -0.3 is 20.3 Å². The van der Waals surface area contributed by atoms with Gasteiger partial charge in [-0.3, -0.25) is 9.89 Å². The second kappa shape index (κ2) is 12.5. The number of rotatable bonds is 7. The quantitative estimate of drug-likeness (QED) is 0.306. The Balaban J connectivity index is 0.00000289. The Kier molecular flexibility index (Phi) is 10.1. The van der Waals surface area contributed by atoms with Crippen molar-refractivity contribution in [2.45, 2.75) is 63.6 Å². The molecule has 1 aromatic rings. The molecule has 2 heterocycles. The zero-order valence-corrected chi connectivity index (χ0v) is 22.2. The molecule has 2 saturated heterocycles. The van der Waals surface area contributed by atoms with Crippen molar-refractivity contribution in [3.8, 4) is 0 Å². The lowest BCUT2D eigenvalue weighted by Gasteiger charge is -2.34. The number of halogens is 1. The van der Waals surface area contributed by atoms with E-state index in [1.807, 2.05) is 0 Å². The van der Waals surface area contributed by atoms with Crippen molar-refractivity contribution < 1.29 is 4.74 Å². The van der Waals surface area contributed by atoms with Gasteiger partial charge in [0.25, 0.3) is 0 Å². The molecule has 0 bridgehead atoms. The molecule has 2 atom stereocenters. The maximum atomic E-state index is 5.54. The Morgan fingerprint density at radius 3 is 2.56 bits per heavy atom. The minimum absolute atomic E-state index is 0. The third-order valence-electron chi connectivity index (χ3n) is 7.27. The molecule has 2 N–H and O–H groups in total. The summed E-state index contributed by atoms with van der Waals surface area (Å²) in [5.41, 5.74) is 1.47. The summed E-state index contributed by atoms with van der Waals surface area (Å²) in [5, 5.41) is 7.56. The van der Waals surface area contributed by atoms with E-state index < -0.39 is 0 Å². The molecule has 0 amide bonds. The van der Waals surface area contributed by atoms with Crippen LogP contribution in [0.2, 0.25) is 0 Å². The molecular formula is C25H42IN5O. The highest BCUT2D eigenvalue weighted by molar-refractivity contribution is 14.0. The first-order valence-electron chi connectivity index (χ1n) is 12.4. The Morgan fingerprint density at radius 2 is 1.88 bits per heavy atom. The number of likely N-dealkylation sites (tertiary alicyclic amines) is 1. The molecule has 32 heavy (non-hydrogen) atoms. The van der Waals surface area contributed by atoms with Gasteiger partial charge in [-0.15, -0.1) is 24.0 Å². The number of morpholine rings is 1. The Bertz CT molecular complexity index is 704. The Labute approximate surface area is 211 Å². The summed E-state index contributed by atoms with van der Waals surface area (Å²) in [5.74, 6) is 1.10. The van der Waals surface area contributed by atoms with E-state index in [0.717, 1.165) is 58.4 Å². The first-order chi connectivity index (χ1) is 15.2. The second-order valence-electron chi connectivity index (χ2n) is 9.47. The third-order valence-corrected chi connectivity index (χ3v) is 7.27. The maximum Gasteiger partial charge on any atom is 0.194 e. The topological polar surface area (TPSA) is 52.1 Å². The van der Waals surface area contributed by atoms with E-state index in [9.17, 15) is 0 Å². The number of guanidine groups is 1. The highest BCUT2D eigenvalue weighted by Gasteiger charge is 2.36. The van der Waals surface area contributed by atoms with Gasteiger partial charge in [0.05, 0.1) is 19.8 Å². The molecule has 1 aromatic carbocycles. The van der Waals surface area contributed by atoms with E-state index >= 15 is 0 Å². The molecule has 180 valence electrons. The first kappa shape index (κ1) is 25.7. The van der Waals surface area contributed by atoms with Gasteiger partial charge in [0.2, 0.25) is 0 Å². The monoisotopic (exact) mass is 555 g/mol. The van der Waals surface area contributed by atoms with Crippen LogP contribution >= 0.6 is 24.0 Å². The number of aliphatic imine (C=N–C) groups is 1. The molecule has 6 nitrogen and oxygen atoms in total. The molecule has 0 spiro atoms. The van der Waals surface area contributed by atoms with Crippen molar-refractivity contribution in [1.82, 2.24) is 20.4 Å². The molecule has 2 aliphatic heterocycles. The Hall–Kier alpha value is -0.900. The highest BCUT2D eigenvalue weighted by Crippen LogP contribution is 2.33. The summed E-state index contributed by atoms with van der Waals surface area (Å²) in [6.07, 6.45) is 6.23. The van der Waals surface area contributed by atoms with Crippen LogP contribution in [0.3, 0.4) is 0 Å². The van der Waals surface area contributed by atoms with Gasteiger partial charge in [0.15, 0.2) is 5.96 Å². The van der Waals surface area contributed by atoms with Crippen LogP contribution in [0.5, 0.6) is 0 Å². The average Bonchev–Trinajstić information content (AvgIpc) is 3.48. The van der Waals surface area contributed by atoms with E-state index in [4.69, 9.17) is 9.73 Å². The van der Waals surface area contributed by atoms with Gasteiger partial charge in [0.1, 0.15) is 0 Å². The molecule has 0 aromatic heterocycles. The molecular weight excluding hydrogens is 513 g/mol. The van der Waals surface area contributed by atoms with Crippen molar-refractivity contribution in [2.75, 3.05) is 52.5 Å². The van der Waals surface area contributed by atoms with Crippen LogP contribution in [-0.2, 0) is 4.74 Å². The average molecular weight is 556 g/mol. The van der Waals surface area contributed by atoms with Gasteiger partial charge in [-0.25, -0.2) is 0 Å². The van der Waals surface area contributed by atoms with Crippen molar-refractivity contribution in [3.05, 3.63) is 35.9 Å². The van der Waals surface area contributed by atoms with Crippen LogP contribution in [0, 0.1) is 0 Å². The lowest BCUT2D eigenvalue weighted by molar-refractivity contribution is 0.0195. The van der Waals surface area contributed by atoms with Crippen molar-refractivity contribution in [1.29, 1.82) is 0 Å². The zero-order valence-electron chi connectivity index (χ0n) is 19.9. The van der Waals surface area contributed by atoms with Crippen molar-refractivity contribution >= 4 is 29.9 Å². The molecule has 1 aliphatic carbocycles. The number of ether oxygens (including phenoxy) is 1. The van der Waals surface area contributed by atoms with E-state index in [0.29, 0.717) is 12.1 Å². The van der Waals surface area contributed by atoms with Crippen LogP contribution in [-0.4, -0.2) is 79.8 Å². The molecule has 0 radical (unpaired) electrons. The molecule has 4 rings (SSSR count). The summed E-state index contributed by atoms with van der Waals surface area (Å²) in [4.78, 5) is 10.3. The van der Waals surface area contributed by atoms with Crippen molar-refractivity contribution in [2.24, 2.45) is 4.99 Å². The number of hydrogen-bond acceptors (Lipinski definition) is 4. The van der Waals surface area contributed by atoms with Gasteiger partial charge in [0, 0.05) is 50.3 Å². The van der Waals surface area contributed by atoms with Crippen LogP contribution < -0.4 is 10.6 Å². The van der Waals surface area contributed by atoms with E-state index in [1.165, 1.54) is 37.7 Å². The molecule has 7 heteroatoms. The van der Waals surface area contributed by atoms with Crippen LogP contribution in [0.1, 0.15) is 57.6 Å². The number of benzene rings is 1. The van der Waals surface area contributed by atoms with Gasteiger partial charge in [-0.1, -0.05) is 43.2 Å². The summed E-state index contributed by atoms with van der Waals surface area (Å²) < 4.78 is 5.54. The van der Waals surface area contributed by atoms with Gasteiger partial charge >= 0.3 is 0 Å². The highest BCUT2D eigenvalue weighted by atomic mass is 127. The van der Waals surface area contributed by atoms with Crippen LogP contribution in [0.15, 0.2) is 35.3 Å². The second-order valence-corrected chi connectivity index (χ2v) is 9.47. The predicted molar refractivity (Wildman–Crippen MR) is 143 cm³/mol. The van der Waals surface area contributed by atoms with Gasteiger partial charge in [-0.2, -0.15) is 0 Å². The minimum Gasteiger partial charge on any atom is -0.379 e. The van der Waals surface area contributed by atoms with E-state index in [2.05, 4.69) is 64.6 Å². The van der Waals surface area contributed by atoms with Crippen LogP contribution in [0.25, 0.3) is 0 Å².